The van der Waals surface area contributed by atoms with E-state index in [9.17, 15) is 4.79 Å². The van der Waals surface area contributed by atoms with Gasteiger partial charge in [0.05, 0.1) is 10.9 Å². The molecule has 1 atom stereocenters. The number of benzene rings is 1. The predicted octanol–water partition coefficient (Wildman–Crippen LogP) is 1.75. The van der Waals surface area contributed by atoms with Crippen LogP contribution in [0.5, 0.6) is 0 Å². The molecule has 1 aromatic carbocycles. The van der Waals surface area contributed by atoms with Crippen LogP contribution in [0.2, 0.25) is 0 Å². The Morgan fingerprint density at radius 3 is 2.90 bits per heavy atom. The Morgan fingerprint density at radius 1 is 1.24 bits per heavy atom. The second kappa shape index (κ2) is 4.42. The Hall–Kier alpha value is -2.67. The Balaban J connectivity index is 2.08. The quantitative estimate of drug-likeness (QED) is 0.716. The highest BCUT2D eigenvalue weighted by Gasteiger charge is 2.24. The van der Waals surface area contributed by atoms with Crippen LogP contribution in [0.4, 0.5) is 5.95 Å². The van der Waals surface area contributed by atoms with Crippen LogP contribution < -0.4 is 16.6 Å². The average molecular weight is 297 g/mol. The zero-order valence-corrected chi connectivity index (χ0v) is 11.7. The summed E-state index contributed by atoms with van der Waals surface area (Å²) in [4.78, 5) is 21.7. The number of aromatic nitrogens is 2. The van der Waals surface area contributed by atoms with E-state index in [-0.39, 0.29) is 17.7 Å². The maximum absolute atomic E-state index is 12.1. The molecule has 0 bridgehead atoms. The van der Waals surface area contributed by atoms with Gasteiger partial charge in [-0.05, 0) is 23.6 Å². The second-order valence-electron chi connectivity index (χ2n) is 4.66. The Labute approximate surface area is 123 Å². The Kier molecular flexibility index (Phi) is 2.55. The van der Waals surface area contributed by atoms with Crippen molar-refractivity contribution < 1.29 is 0 Å². The van der Waals surface area contributed by atoms with Gasteiger partial charge in [0, 0.05) is 4.88 Å². The van der Waals surface area contributed by atoms with E-state index >= 15 is 0 Å². The summed E-state index contributed by atoms with van der Waals surface area (Å²) < 4.78 is 1.90. The van der Waals surface area contributed by atoms with Crippen molar-refractivity contribution in [3.05, 3.63) is 57.0 Å². The number of hydrogen-bond acceptors (Lipinski definition) is 6. The summed E-state index contributed by atoms with van der Waals surface area (Å²) in [6.45, 7) is 0. The van der Waals surface area contributed by atoms with Crippen molar-refractivity contribution in [1.82, 2.24) is 9.55 Å². The average Bonchev–Trinajstić information content (AvgIpc) is 3.00. The molecular formula is C14H11N5OS. The molecule has 2 aromatic heterocycles. The van der Waals surface area contributed by atoms with E-state index in [1.165, 1.54) is 0 Å². The summed E-state index contributed by atoms with van der Waals surface area (Å²) in [6, 6.07) is 11.3. The normalized spacial score (nSPS) is 17.1. The van der Waals surface area contributed by atoms with Gasteiger partial charge in [0.2, 0.25) is 5.95 Å². The summed E-state index contributed by atoms with van der Waals surface area (Å²) in [7, 11) is 0. The van der Waals surface area contributed by atoms with Crippen LogP contribution in [0, 0.1) is 0 Å². The Bertz CT molecular complexity index is 913. The van der Waals surface area contributed by atoms with E-state index in [1.54, 1.807) is 17.4 Å². The number of hydrogen-bond donors (Lipinski definition) is 2. The molecule has 0 aliphatic carbocycles. The zero-order valence-electron chi connectivity index (χ0n) is 10.9. The monoisotopic (exact) mass is 297 g/mol. The lowest BCUT2D eigenvalue weighted by atomic mass is 10.2. The molecule has 3 heterocycles. The summed E-state index contributed by atoms with van der Waals surface area (Å²) in [6.07, 6.45) is -0.306. The topological polar surface area (TPSA) is 85.3 Å². The van der Waals surface area contributed by atoms with Crippen molar-refractivity contribution >= 4 is 34.1 Å². The molecule has 3 N–H and O–H groups in total. The summed E-state index contributed by atoms with van der Waals surface area (Å²) in [5.74, 6) is 0.681. The van der Waals surface area contributed by atoms with Crippen molar-refractivity contribution in [2.45, 2.75) is 6.17 Å². The molecule has 1 aliphatic heterocycles. The lowest BCUT2D eigenvalue weighted by molar-refractivity contribution is 0.626. The summed E-state index contributed by atoms with van der Waals surface area (Å²) >= 11 is 1.59. The minimum atomic E-state index is -0.306. The molecule has 0 amide bonds. The fraction of sp³-hybridized carbons (Fsp3) is 0.0714. The van der Waals surface area contributed by atoms with Crippen molar-refractivity contribution in [2.75, 3.05) is 5.32 Å². The van der Waals surface area contributed by atoms with E-state index < -0.39 is 0 Å². The number of nitrogens with two attached hydrogens (primary N) is 1. The van der Waals surface area contributed by atoms with Gasteiger partial charge in [-0.3, -0.25) is 14.7 Å². The minimum Gasteiger partial charge on any atom is -0.370 e. The number of rotatable bonds is 1. The maximum atomic E-state index is 12.1. The minimum absolute atomic E-state index is 0.260. The lowest BCUT2D eigenvalue weighted by Crippen LogP contribution is -2.34. The molecule has 7 heteroatoms. The summed E-state index contributed by atoms with van der Waals surface area (Å²) in [5.41, 5.74) is 6.34. The van der Waals surface area contributed by atoms with Crippen LogP contribution in [0.3, 0.4) is 0 Å². The molecule has 3 aromatic rings. The third-order valence-electron chi connectivity index (χ3n) is 3.37. The van der Waals surface area contributed by atoms with Crippen molar-refractivity contribution in [1.29, 1.82) is 0 Å². The standard InChI is InChI=1S/C14H11N5OS/c15-13-16-11(10-6-3-7-21-10)19-9-5-2-1-4-8(9)12(20)17-14(19)18-13/h1-7,11H,(H3,15,16,17,18,20)/t11-/m1/s1. The molecule has 0 saturated carbocycles. The molecule has 0 radical (unpaired) electrons. The fourth-order valence-corrected chi connectivity index (χ4v) is 3.24. The molecule has 0 fully saturated rings. The van der Waals surface area contributed by atoms with Crippen LogP contribution in [0.15, 0.2) is 51.6 Å². The first-order valence-corrected chi connectivity index (χ1v) is 7.27. The first-order valence-electron chi connectivity index (χ1n) is 6.39. The van der Waals surface area contributed by atoms with Gasteiger partial charge in [-0.1, -0.05) is 18.2 Å². The smallest absolute Gasteiger partial charge is 0.282 e. The summed E-state index contributed by atoms with van der Waals surface area (Å²) in [5, 5.41) is 5.43. The highest BCUT2D eigenvalue weighted by Crippen LogP contribution is 2.31. The first kappa shape index (κ1) is 12.1. The molecular weight excluding hydrogens is 286 g/mol. The van der Waals surface area contributed by atoms with E-state index in [0.29, 0.717) is 11.3 Å². The third-order valence-corrected chi connectivity index (χ3v) is 4.29. The molecule has 4 rings (SSSR count). The van der Waals surface area contributed by atoms with Gasteiger partial charge in [-0.25, -0.2) is 4.99 Å². The lowest BCUT2D eigenvalue weighted by Gasteiger charge is -2.26. The SMILES string of the molecule is NC1=N[C@@H](c2cccs2)n2c(nc(=O)c3ccccc32)N1. The number of guanidine groups is 1. The largest absolute Gasteiger partial charge is 0.370 e. The highest BCUT2D eigenvalue weighted by molar-refractivity contribution is 7.10. The first-order chi connectivity index (χ1) is 10.2. The van der Waals surface area contributed by atoms with Crippen molar-refractivity contribution in [2.24, 2.45) is 10.7 Å². The van der Waals surface area contributed by atoms with Gasteiger partial charge >= 0.3 is 0 Å². The predicted molar refractivity (Wildman–Crippen MR) is 83.7 cm³/mol. The molecule has 0 unspecified atom stereocenters. The van der Waals surface area contributed by atoms with Crippen LogP contribution in [0.1, 0.15) is 11.0 Å². The highest BCUT2D eigenvalue weighted by atomic mass is 32.1. The Morgan fingerprint density at radius 2 is 2.10 bits per heavy atom. The van der Waals surface area contributed by atoms with E-state index in [0.717, 1.165) is 10.4 Å². The van der Waals surface area contributed by atoms with Gasteiger partial charge in [0.25, 0.3) is 5.56 Å². The van der Waals surface area contributed by atoms with Gasteiger partial charge in [0.15, 0.2) is 12.1 Å². The van der Waals surface area contributed by atoms with Gasteiger partial charge in [-0.15, -0.1) is 11.3 Å². The molecule has 104 valence electrons. The molecule has 1 aliphatic rings. The number of aliphatic imine (C=N–C) groups is 1. The number of anilines is 1. The van der Waals surface area contributed by atoms with Crippen LogP contribution in [-0.4, -0.2) is 15.5 Å². The number of nitrogens with zero attached hydrogens (tertiary/aromatic N) is 3. The van der Waals surface area contributed by atoms with Crippen LogP contribution >= 0.6 is 11.3 Å². The molecule has 6 nitrogen and oxygen atoms in total. The van der Waals surface area contributed by atoms with Gasteiger partial charge in [0.1, 0.15) is 0 Å². The van der Waals surface area contributed by atoms with E-state index in [1.807, 2.05) is 40.3 Å². The van der Waals surface area contributed by atoms with Crippen LogP contribution in [-0.2, 0) is 0 Å². The van der Waals surface area contributed by atoms with Crippen molar-refractivity contribution in [3.63, 3.8) is 0 Å². The number of nitrogens with one attached hydrogen (secondary N) is 1. The van der Waals surface area contributed by atoms with Gasteiger partial charge < -0.3 is 5.73 Å². The maximum Gasteiger partial charge on any atom is 0.282 e. The second-order valence-corrected chi connectivity index (χ2v) is 5.64. The van der Waals surface area contributed by atoms with Crippen molar-refractivity contribution in [3.8, 4) is 0 Å². The van der Waals surface area contributed by atoms with Gasteiger partial charge in [-0.2, -0.15) is 4.98 Å². The zero-order chi connectivity index (χ0) is 14.4. The molecule has 0 spiro atoms. The van der Waals surface area contributed by atoms with E-state index in [2.05, 4.69) is 15.3 Å². The number of fused-ring (bicyclic) bond motifs is 3. The molecule has 0 saturated heterocycles. The molecule has 21 heavy (non-hydrogen) atoms. The fourth-order valence-electron chi connectivity index (χ4n) is 2.49. The van der Waals surface area contributed by atoms with E-state index in [4.69, 9.17) is 5.73 Å². The number of thiophene rings is 1. The number of para-hydroxylation sites is 1. The third kappa shape index (κ3) is 1.82. The van der Waals surface area contributed by atoms with Crippen LogP contribution in [0.25, 0.3) is 10.9 Å².